The molecule has 2 aliphatic rings. The second kappa shape index (κ2) is 7.78. The molecule has 1 amide bonds. The van der Waals surface area contributed by atoms with E-state index in [1.165, 1.54) is 0 Å². The first-order chi connectivity index (χ1) is 14.1. The molecule has 0 atom stereocenters. The van der Waals surface area contributed by atoms with Crippen molar-refractivity contribution in [2.24, 2.45) is 5.41 Å². The molecule has 5 rings (SSSR count). The summed E-state index contributed by atoms with van der Waals surface area (Å²) in [6.45, 7) is 5.23. The minimum absolute atomic E-state index is 0.0236. The molecular formula is C22H24N2O3S2. The topological polar surface area (TPSA) is 55.6 Å². The summed E-state index contributed by atoms with van der Waals surface area (Å²) in [7, 11) is 0. The molecule has 3 aromatic rings. The Hall–Kier alpha value is -1.83. The first-order valence-corrected chi connectivity index (χ1v) is 11.9. The molecule has 1 spiro atoms. The van der Waals surface area contributed by atoms with E-state index in [2.05, 4.69) is 10.4 Å². The lowest BCUT2D eigenvalue weighted by atomic mass is 9.80. The van der Waals surface area contributed by atoms with Gasteiger partial charge in [0.25, 0.3) is 5.91 Å². The van der Waals surface area contributed by atoms with Crippen LogP contribution in [0.15, 0.2) is 38.4 Å². The third-order valence-corrected chi connectivity index (χ3v) is 8.27. The quantitative estimate of drug-likeness (QED) is 0.539. The van der Waals surface area contributed by atoms with Gasteiger partial charge in [0.2, 0.25) is 0 Å². The molecule has 2 aliphatic heterocycles. The van der Waals surface area contributed by atoms with Crippen LogP contribution in [0, 0.1) is 12.3 Å². The fraction of sp³-hybridized carbons (Fsp3) is 0.455. The van der Waals surface area contributed by atoms with Gasteiger partial charge < -0.3 is 14.1 Å². The Bertz CT molecular complexity index is 1040. The predicted octanol–water partition coefficient (Wildman–Crippen LogP) is 5.13. The largest absolute Gasteiger partial charge is 0.451 e. The number of carbonyl (C=O) groups excluding carboxylic acids is 1. The van der Waals surface area contributed by atoms with E-state index in [4.69, 9.17) is 9.15 Å². The minimum Gasteiger partial charge on any atom is -0.451 e. The van der Waals surface area contributed by atoms with Gasteiger partial charge in [0.15, 0.2) is 5.76 Å². The highest BCUT2D eigenvalue weighted by Crippen LogP contribution is 2.41. The van der Waals surface area contributed by atoms with Crippen molar-refractivity contribution in [3.8, 4) is 0 Å². The van der Waals surface area contributed by atoms with Crippen LogP contribution in [0.1, 0.15) is 41.1 Å². The molecule has 4 heterocycles. The number of rotatable bonds is 4. The van der Waals surface area contributed by atoms with E-state index < -0.39 is 0 Å². The zero-order valence-electron chi connectivity index (χ0n) is 16.5. The number of aromatic nitrogens is 1. The second-order valence-electron chi connectivity index (χ2n) is 8.04. The van der Waals surface area contributed by atoms with E-state index in [1.807, 2.05) is 36.1 Å². The number of aryl methyl sites for hydroxylation is 1. The Labute approximate surface area is 178 Å². The molecule has 0 radical (unpaired) electrons. The van der Waals surface area contributed by atoms with Gasteiger partial charge in [0.05, 0.1) is 0 Å². The fourth-order valence-corrected chi connectivity index (χ4v) is 6.29. The number of carbonyl (C=O) groups is 1. The normalized spacial score (nSPS) is 18.7. The third kappa shape index (κ3) is 3.71. The van der Waals surface area contributed by atoms with Crippen LogP contribution < -0.4 is 0 Å². The molecule has 29 heavy (non-hydrogen) atoms. The molecule has 0 aliphatic carbocycles. The van der Waals surface area contributed by atoms with Gasteiger partial charge in [-0.05, 0) is 37.7 Å². The van der Waals surface area contributed by atoms with E-state index >= 15 is 0 Å². The van der Waals surface area contributed by atoms with E-state index in [0.29, 0.717) is 11.5 Å². The number of likely N-dealkylation sites (tertiary alicyclic amines) is 1. The molecule has 5 nitrogen and oxygen atoms in total. The molecule has 2 aromatic heterocycles. The molecule has 0 N–H and O–H groups in total. The van der Waals surface area contributed by atoms with Crippen LogP contribution in [0.3, 0.4) is 0 Å². The number of amides is 1. The molecule has 152 valence electrons. The molecule has 2 fully saturated rings. The van der Waals surface area contributed by atoms with Gasteiger partial charge in [0.1, 0.15) is 9.92 Å². The van der Waals surface area contributed by atoms with Crippen LogP contribution in [0.2, 0.25) is 0 Å². The lowest BCUT2D eigenvalue weighted by Gasteiger charge is -2.33. The summed E-state index contributed by atoms with van der Waals surface area (Å²) in [5.74, 6) is 1.20. The number of benzene rings is 1. The zero-order valence-corrected chi connectivity index (χ0v) is 18.1. The van der Waals surface area contributed by atoms with Crippen molar-refractivity contribution < 1.29 is 13.9 Å². The number of furan rings is 1. The fourth-order valence-electron chi connectivity index (χ4n) is 4.41. The number of hydrogen-bond acceptors (Lipinski definition) is 6. The van der Waals surface area contributed by atoms with Gasteiger partial charge in [0, 0.05) is 54.1 Å². The van der Waals surface area contributed by atoms with E-state index in [1.54, 1.807) is 23.1 Å². The maximum absolute atomic E-state index is 13.5. The first-order valence-electron chi connectivity index (χ1n) is 10.1. The van der Waals surface area contributed by atoms with Gasteiger partial charge in [-0.1, -0.05) is 30.0 Å². The van der Waals surface area contributed by atoms with Crippen molar-refractivity contribution >= 4 is 40.0 Å². The van der Waals surface area contributed by atoms with E-state index in [0.717, 1.165) is 72.1 Å². The summed E-state index contributed by atoms with van der Waals surface area (Å²) in [6.07, 6.45) is 3.15. The molecule has 7 heteroatoms. The van der Waals surface area contributed by atoms with Crippen LogP contribution in [-0.2, 0) is 10.5 Å². The number of fused-ring (bicyclic) bond motifs is 1. The maximum Gasteiger partial charge on any atom is 0.289 e. The third-order valence-electron chi connectivity index (χ3n) is 6.11. The Morgan fingerprint density at radius 1 is 1.28 bits per heavy atom. The van der Waals surface area contributed by atoms with Crippen molar-refractivity contribution in [1.82, 2.24) is 9.88 Å². The van der Waals surface area contributed by atoms with Crippen LogP contribution >= 0.6 is 23.1 Å². The summed E-state index contributed by atoms with van der Waals surface area (Å²) in [5, 5.41) is 3.08. The maximum atomic E-state index is 13.5. The van der Waals surface area contributed by atoms with E-state index in [9.17, 15) is 4.79 Å². The Balaban J connectivity index is 1.42. The van der Waals surface area contributed by atoms with Crippen molar-refractivity contribution in [2.45, 2.75) is 36.3 Å². The van der Waals surface area contributed by atoms with Crippen molar-refractivity contribution in [3.63, 3.8) is 0 Å². The molecule has 0 unspecified atom stereocenters. The monoisotopic (exact) mass is 428 g/mol. The minimum atomic E-state index is 0.0236. The molecule has 1 aromatic carbocycles. The lowest BCUT2D eigenvalue weighted by molar-refractivity contribution is 0.0188. The average molecular weight is 429 g/mol. The van der Waals surface area contributed by atoms with Crippen LogP contribution in [0.4, 0.5) is 0 Å². The van der Waals surface area contributed by atoms with Gasteiger partial charge in [-0.15, -0.1) is 11.3 Å². The number of hydrogen-bond donors (Lipinski definition) is 0. The molecule has 0 saturated carbocycles. The Morgan fingerprint density at radius 2 is 2.10 bits per heavy atom. The van der Waals surface area contributed by atoms with Crippen LogP contribution in [-0.4, -0.2) is 42.1 Å². The molecular weight excluding hydrogens is 404 g/mol. The average Bonchev–Trinajstić information content (AvgIpc) is 3.44. The SMILES string of the molecule is Cc1csc(SCc2c(C(=O)N3CCC4(CCOCC4)C3)oc3ccccc23)n1. The van der Waals surface area contributed by atoms with Crippen molar-refractivity contribution in [3.05, 3.63) is 46.7 Å². The summed E-state index contributed by atoms with van der Waals surface area (Å²) in [4.78, 5) is 20.0. The second-order valence-corrected chi connectivity index (χ2v) is 10.1. The summed E-state index contributed by atoms with van der Waals surface area (Å²) >= 11 is 3.31. The smallest absolute Gasteiger partial charge is 0.289 e. The highest BCUT2D eigenvalue weighted by atomic mass is 32.2. The van der Waals surface area contributed by atoms with E-state index in [-0.39, 0.29) is 11.3 Å². The highest BCUT2D eigenvalue weighted by molar-refractivity contribution is 8.00. The van der Waals surface area contributed by atoms with Crippen LogP contribution in [0.5, 0.6) is 0 Å². The number of thiazole rings is 1. The van der Waals surface area contributed by atoms with Crippen molar-refractivity contribution in [1.29, 1.82) is 0 Å². The summed E-state index contributed by atoms with van der Waals surface area (Å²) < 4.78 is 12.7. The van der Waals surface area contributed by atoms with Crippen LogP contribution in [0.25, 0.3) is 11.0 Å². The molecule has 0 bridgehead atoms. The summed E-state index contributed by atoms with van der Waals surface area (Å²) in [6, 6.07) is 7.94. The Kier molecular flexibility index (Phi) is 5.14. The van der Waals surface area contributed by atoms with Gasteiger partial charge >= 0.3 is 0 Å². The van der Waals surface area contributed by atoms with Gasteiger partial charge in [-0.2, -0.15) is 0 Å². The Morgan fingerprint density at radius 3 is 2.90 bits per heavy atom. The number of thioether (sulfide) groups is 1. The lowest BCUT2D eigenvalue weighted by Crippen LogP contribution is -2.35. The predicted molar refractivity (Wildman–Crippen MR) is 116 cm³/mol. The number of ether oxygens (including phenoxy) is 1. The standard InChI is InChI=1S/C22H24N2O3S2/c1-15-12-28-21(23-15)29-13-17-16-4-2-3-5-18(16)27-19(17)20(25)24-9-6-22(14-24)7-10-26-11-8-22/h2-5,12H,6-11,13-14H2,1H3. The van der Waals surface area contributed by atoms with Gasteiger partial charge in [-0.3, -0.25) is 4.79 Å². The summed E-state index contributed by atoms with van der Waals surface area (Å²) in [5.41, 5.74) is 3.02. The molecule has 2 saturated heterocycles. The number of para-hydroxylation sites is 1. The zero-order chi connectivity index (χ0) is 19.8. The van der Waals surface area contributed by atoms with Gasteiger partial charge in [-0.25, -0.2) is 4.98 Å². The number of nitrogens with zero attached hydrogens (tertiary/aromatic N) is 2. The first kappa shape index (κ1) is 19.2. The highest BCUT2D eigenvalue weighted by Gasteiger charge is 2.42. The van der Waals surface area contributed by atoms with Crippen molar-refractivity contribution in [2.75, 3.05) is 26.3 Å².